The van der Waals surface area contributed by atoms with E-state index in [-0.39, 0.29) is 6.09 Å². The minimum absolute atomic E-state index is 0.354. The van der Waals surface area contributed by atoms with E-state index in [1.807, 2.05) is 27.7 Å². The van der Waals surface area contributed by atoms with Crippen LogP contribution >= 0.6 is 0 Å². The van der Waals surface area contributed by atoms with Crippen molar-refractivity contribution in [3.63, 3.8) is 0 Å². The number of primary amides is 1. The van der Waals surface area contributed by atoms with E-state index in [1.54, 1.807) is 4.90 Å². The Kier molecular flexibility index (Phi) is 3.50. The average molecular weight is 279 g/mol. The van der Waals surface area contributed by atoms with Crippen LogP contribution in [0.4, 0.5) is 4.79 Å². The predicted octanol–water partition coefficient (Wildman–Crippen LogP) is 1.72. The van der Waals surface area contributed by atoms with Crippen LogP contribution in [0.1, 0.15) is 48.1 Å². The zero-order valence-corrected chi connectivity index (χ0v) is 12.4. The minimum Gasteiger partial charge on any atom is -0.444 e. The molecule has 1 aromatic rings. The quantitative estimate of drug-likeness (QED) is 0.820. The highest BCUT2D eigenvalue weighted by Gasteiger charge is 2.29. The fourth-order valence-corrected chi connectivity index (χ4v) is 2.46. The highest BCUT2D eigenvalue weighted by Crippen LogP contribution is 2.26. The summed E-state index contributed by atoms with van der Waals surface area (Å²) in [6, 6.07) is 0. The number of nitrogens with two attached hydrogens (primary N) is 1. The number of fused-ring (bicyclic) bond motifs is 1. The van der Waals surface area contributed by atoms with Crippen LogP contribution < -0.4 is 5.73 Å². The standard InChI is InChI=1S/C14H21N3O3/c1-8-11(12(15)18)9-7-17(6-5-10(9)16-8)13(19)20-14(2,3)4/h16H,5-7H2,1-4H3,(H2,15,18). The van der Waals surface area contributed by atoms with Crippen molar-refractivity contribution in [3.05, 3.63) is 22.5 Å². The van der Waals surface area contributed by atoms with Gasteiger partial charge in [-0.25, -0.2) is 4.79 Å². The van der Waals surface area contributed by atoms with Crippen molar-refractivity contribution >= 4 is 12.0 Å². The number of hydrogen-bond acceptors (Lipinski definition) is 3. The number of hydrogen-bond donors (Lipinski definition) is 2. The van der Waals surface area contributed by atoms with Gasteiger partial charge < -0.3 is 20.4 Å². The van der Waals surface area contributed by atoms with Crippen molar-refractivity contribution in [2.24, 2.45) is 5.73 Å². The zero-order chi connectivity index (χ0) is 15.1. The third kappa shape index (κ3) is 2.79. The number of H-pyrrole nitrogens is 1. The summed E-state index contributed by atoms with van der Waals surface area (Å²) < 4.78 is 5.36. The van der Waals surface area contributed by atoms with Crippen LogP contribution in [0.2, 0.25) is 0 Å². The van der Waals surface area contributed by atoms with Gasteiger partial charge in [0.2, 0.25) is 0 Å². The Morgan fingerprint density at radius 2 is 2.00 bits per heavy atom. The van der Waals surface area contributed by atoms with E-state index >= 15 is 0 Å². The molecule has 0 radical (unpaired) electrons. The second-order valence-corrected chi connectivity index (χ2v) is 6.10. The predicted molar refractivity (Wildman–Crippen MR) is 74.4 cm³/mol. The molecule has 0 unspecified atom stereocenters. The van der Waals surface area contributed by atoms with Gasteiger partial charge in [-0.15, -0.1) is 0 Å². The molecule has 1 aromatic heterocycles. The average Bonchev–Trinajstić information content (AvgIpc) is 2.61. The van der Waals surface area contributed by atoms with Gasteiger partial charge >= 0.3 is 6.09 Å². The van der Waals surface area contributed by atoms with Crippen LogP contribution in [-0.4, -0.2) is 34.0 Å². The lowest BCUT2D eigenvalue weighted by Gasteiger charge is -2.30. The van der Waals surface area contributed by atoms with Gasteiger partial charge in [-0.05, 0) is 27.7 Å². The van der Waals surface area contributed by atoms with E-state index in [1.165, 1.54) is 0 Å². The molecule has 0 saturated heterocycles. The van der Waals surface area contributed by atoms with E-state index < -0.39 is 11.5 Å². The molecule has 6 nitrogen and oxygen atoms in total. The van der Waals surface area contributed by atoms with E-state index in [4.69, 9.17) is 10.5 Å². The molecule has 0 aliphatic carbocycles. The summed E-state index contributed by atoms with van der Waals surface area (Å²) in [6.45, 7) is 8.23. The third-order valence-electron chi connectivity index (χ3n) is 3.26. The summed E-state index contributed by atoms with van der Waals surface area (Å²) in [5.74, 6) is -0.467. The molecular formula is C14H21N3O3. The van der Waals surface area contributed by atoms with Gasteiger partial charge in [-0.2, -0.15) is 0 Å². The lowest BCUT2D eigenvalue weighted by Crippen LogP contribution is -2.40. The Balaban J connectivity index is 2.22. The maximum absolute atomic E-state index is 12.1. The molecular weight excluding hydrogens is 258 g/mol. The van der Waals surface area contributed by atoms with Gasteiger partial charge in [0.25, 0.3) is 5.91 Å². The summed E-state index contributed by atoms with van der Waals surface area (Å²) in [7, 11) is 0. The van der Waals surface area contributed by atoms with Crippen LogP contribution in [0.5, 0.6) is 0 Å². The van der Waals surface area contributed by atoms with E-state index in [2.05, 4.69) is 4.98 Å². The van der Waals surface area contributed by atoms with Gasteiger partial charge in [0.1, 0.15) is 5.60 Å². The summed E-state index contributed by atoms with van der Waals surface area (Å²) in [6.07, 6.45) is 0.306. The first-order chi connectivity index (χ1) is 9.19. The van der Waals surface area contributed by atoms with Gasteiger partial charge in [0.05, 0.1) is 12.1 Å². The molecule has 0 atom stereocenters. The maximum atomic E-state index is 12.1. The number of aromatic amines is 1. The number of carbonyl (C=O) groups excluding carboxylic acids is 2. The number of aromatic nitrogens is 1. The van der Waals surface area contributed by atoms with Crippen LogP contribution in [0.15, 0.2) is 0 Å². The molecule has 0 saturated carbocycles. The molecule has 2 heterocycles. The Morgan fingerprint density at radius 3 is 2.55 bits per heavy atom. The van der Waals surface area contributed by atoms with Gasteiger partial charge in [0.15, 0.2) is 0 Å². The highest BCUT2D eigenvalue weighted by molar-refractivity contribution is 5.96. The van der Waals surface area contributed by atoms with Crippen molar-refractivity contribution in [2.75, 3.05) is 6.54 Å². The second-order valence-electron chi connectivity index (χ2n) is 6.10. The zero-order valence-electron chi connectivity index (χ0n) is 12.4. The molecule has 2 amide bonds. The van der Waals surface area contributed by atoms with Gasteiger partial charge in [-0.1, -0.05) is 0 Å². The van der Waals surface area contributed by atoms with Crippen molar-refractivity contribution in [3.8, 4) is 0 Å². The molecule has 6 heteroatoms. The molecule has 0 bridgehead atoms. The first-order valence-corrected chi connectivity index (χ1v) is 6.67. The lowest BCUT2D eigenvalue weighted by molar-refractivity contribution is 0.0222. The Labute approximate surface area is 118 Å². The molecule has 0 fully saturated rings. The smallest absolute Gasteiger partial charge is 0.410 e. The lowest BCUT2D eigenvalue weighted by atomic mass is 10.0. The Hall–Kier alpha value is -1.98. The first-order valence-electron chi connectivity index (χ1n) is 6.67. The van der Waals surface area contributed by atoms with Crippen LogP contribution in [0, 0.1) is 6.92 Å². The van der Waals surface area contributed by atoms with E-state index in [9.17, 15) is 9.59 Å². The topological polar surface area (TPSA) is 88.4 Å². The first kappa shape index (κ1) is 14.4. The van der Waals surface area contributed by atoms with Crippen LogP contribution in [0.3, 0.4) is 0 Å². The van der Waals surface area contributed by atoms with E-state index in [0.717, 1.165) is 17.0 Å². The van der Waals surface area contributed by atoms with Crippen molar-refractivity contribution < 1.29 is 14.3 Å². The number of carbonyl (C=O) groups is 2. The fraction of sp³-hybridized carbons (Fsp3) is 0.571. The summed E-state index contributed by atoms with van der Waals surface area (Å²) in [5.41, 5.74) is 7.93. The molecule has 2 rings (SSSR count). The van der Waals surface area contributed by atoms with Crippen molar-refractivity contribution in [1.29, 1.82) is 0 Å². The number of ether oxygens (including phenoxy) is 1. The SMILES string of the molecule is Cc1[nH]c2c(c1C(N)=O)CN(C(=O)OC(C)(C)C)CC2. The second kappa shape index (κ2) is 4.85. The summed E-state index contributed by atoms with van der Waals surface area (Å²) >= 11 is 0. The number of nitrogens with one attached hydrogen (secondary N) is 1. The largest absolute Gasteiger partial charge is 0.444 e. The summed E-state index contributed by atoms with van der Waals surface area (Å²) in [5, 5.41) is 0. The monoisotopic (exact) mass is 279 g/mol. The van der Waals surface area contributed by atoms with Crippen LogP contribution in [-0.2, 0) is 17.7 Å². The van der Waals surface area contributed by atoms with Crippen molar-refractivity contribution in [2.45, 2.75) is 46.3 Å². The van der Waals surface area contributed by atoms with E-state index in [0.29, 0.717) is 25.1 Å². The number of aryl methyl sites for hydroxylation is 1. The maximum Gasteiger partial charge on any atom is 0.410 e. The minimum atomic E-state index is -0.530. The molecule has 0 spiro atoms. The third-order valence-corrected chi connectivity index (χ3v) is 3.26. The molecule has 110 valence electrons. The summed E-state index contributed by atoms with van der Waals surface area (Å²) in [4.78, 5) is 28.4. The molecule has 0 aromatic carbocycles. The number of rotatable bonds is 1. The Morgan fingerprint density at radius 1 is 1.35 bits per heavy atom. The molecule has 20 heavy (non-hydrogen) atoms. The molecule has 1 aliphatic rings. The number of amides is 2. The van der Waals surface area contributed by atoms with Crippen molar-refractivity contribution in [1.82, 2.24) is 9.88 Å². The van der Waals surface area contributed by atoms with Gasteiger partial charge in [0, 0.05) is 29.9 Å². The van der Waals surface area contributed by atoms with Crippen LogP contribution in [0.25, 0.3) is 0 Å². The fourth-order valence-electron chi connectivity index (χ4n) is 2.46. The van der Waals surface area contributed by atoms with Gasteiger partial charge in [-0.3, -0.25) is 4.79 Å². The normalized spacial score (nSPS) is 14.9. The number of nitrogens with zero attached hydrogens (tertiary/aromatic N) is 1. The molecule has 3 N–H and O–H groups in total. The molecule has 1 aliphatic heterocycles. The highest BCUT2D eigenvalue weighted by atomic mass is 16.6. The Bertz CT molecular complexity index is 555.